The molecule has 0 aliphatic carbocycles. The molecule has 0 unspecified atom stereocenters. The number of anilines is 1. The normalized spacial score (nSPS) is 11.9. The van der Waals surface area contributed by atoms with E-state index in [1.807, 2.05) is 32.0 Å². The summed E-state index contributed by atoms with van der Waals surface area (Å²) in [5.41, 5.74) is 1.27. The number of halogens is 1. The van der Waals surface area contributed by atoms with Gasteiger partial charge in [0.25, 0.3) is 0 Å². The quantitative estimate of drug-likeness (QED) is 0.456. The average Bonchev–Trinajstić information content (AvgIpc) is 2.73. The molecule has 0 spiro atoms. The second kappa shape index (κ2) is 11.9. The fourth-order valence-electron chi connectivity index (χ4n) is 2.84. The summed E-state index contributed by atoms with van der Waals surface area (Å²) >= 11 is 6.07. The standard InChI is InChI=1S/C23H29ClN2O3S/c1-3-5-17-26(18-6-4-2)30(28,29)21-14-12-20(13-15-21)25-23(27)16-11-19-9-7-8-10-22(19)24/h7-16H,3-6,17-18H2,1-2H3,(H,25,27). The van der Waals surface area contributed by atoms with Crippen LogP contribution in [0.15, 0.2) is 59.5 Å². The summed E-state index contributed by atoms with van der Waals surface area (Å²) in [5.74, 6) is -0.321. The molecule has 2 rings (SSSR count). The lowest BCUT2D eigenvalue weighted by molar-refractivity contribution is -0.111. The van der Waals surface area contributed by atoms with Crippen LogP contribution >= 0.6 is 11.6 Å². The Kier molecular flexibility index (Phi) is 9.56. The first-order chi connectivity index (χ1) is 14.4. The third-order valence-corrected chi connectivity index (χ3v) is 6.86. The molecule has 0 atom stereocenters. The maximum Gasteiger partial charge on any atom is 0.248 e. The van der Waals surface area contributed by atoms with Crippen LogP contribution in [-0.4, -0.2) is 31.7 Å². The van der Waals surface area contributed by atoms with Gasteiger partial charge in [0.15, 0.2) is 0 Å². The minimum atomic E-state index is -3.55. The minimum absolute atomic E-state index is 0.235. The Morgan fingerprint density at radius 3 is 2.17 bits per heavy atom. The van der Waals surface area contributed by atoms with Gasteiger partial charge in [0, 0.05) is 29.9 Å². The van der Waals surface area contributed by atoms with E-state index >= 15 is 0 Å². The van der Waals surface area contributed by atoms with Crippen molar-refractivity contribution in [3.8, 4) is 0 Å². The van der Waals surface area contributed by atoms with Crippen molar-refractivity contribution in [1.82, 2.24) is 4.31 Å². The number of sulfonamides is 1. The Balaban J connectivity index is 2.07. The van der Waals surface area contributed by atoms with Crippen molar-refractivity contribution >= 4 is 39.3 Å². The van der Waals surface area contributed by atoms with Gasteiger partial charge in [-0.3, -0.25) is 4.79 Å². The van der Waals surface area contributed by atoms with Crippen LogP contribution in [0.1, 0.15) is 45.1 Å². The van der Waals surface area contributed by atoms with Gasteiger partial charge >= 0.3 is 0 Å². The van der Waals surface area contributed by atoms with E-state index in [-0.39, 0.29) is 10.8 Å². The van der Waals surface area contributed by atoms with Gasteiger partial charge in [0.1, 0.15) is 0 Å². The molecule has 0 aliphatic rings. The number of hydrogen-bond donors (Lipinski definition) is 1. The number of amides is 1. The molecule has 1 amide bonds. The maximum atomic E-state index is 13.0. The number of carbonyl (C=O) groups excluding carboxylic acids is 1. The van der Waals surface area contributed by atoms with E-state index in [0.29, 0.717) is 23.8 Å². The van der Waals surface area contributed by atoms with Crippen LogP contribution in [0.5, 0.6) is 0 Å². The highest BCUT2D eigenvalue weighted by Crippen LogP contribution is 2.20. The highest BCUT2D eigenvalue weighted by atomic mass is 35.5. The number of benzene rings is 2. The molecule has 0 aromatic heterocycles. The molecule has 0 fully saturated rings. The summed E-state index contributed by atoms with van der Waals surface area (Å²) < 4.78 is 27.5. The third kappa shape index (κ3) is 6.97. The van der Waals surface area contributed by atoms with E-state index < -0.39 is 10.0 Å². The predicted octanol–water partition coefficient (Wildman–Crippen LogP) is 5.58. The second-order valence-electron chi connectivity index (χ2n) is 6.98. The smallest absolute Gasteiger partial charge is 0.248 e. The summed E-state index contributed by atoms with van der Waals surface area (Å²) in [6, 6.07) is 13.5. The molecule has 5 nitrogen and oxygen atoms in total. The molecule has 0 bridgehead atoms. The van der Waals surface area contributed by atoms with E-state index in [2.05, 4.69) is 5.32 Å². The molecule has 1 N–H and O–H groups in total. The number of carbonyl (C=O) groups is 1. The van der Waals surface area contributed by atoms with Gasteiger partial charge in [-0.15, -0.1) is 0 Å². The van der Waals surface area contributed by atoms with E-state index in [1.165, 1.54) is 18.2 Å². The lowest BCUT2D eigenvalue weighted by Crippen LogP contribution is -2.33. The van der Waals surface area contributed by atoms with Gasteiger partial charge in [0.2, 0.25) is 15.9 Å². The Morgan fingerprint density at radius 1 is 1.00 bits per heavy atom. The van der Waals surface area contributed by atoms with Crippen LogP contribution in [0.25, 0.3) is 6.08 Å². The van der Waals surface area contributed by atoms with E-state index in [9.17, 15) is 13.2 Å². The van der Waals surface area contributed by atoms with Crippen molar-refractivity contribution in [3.63, 3.8) is 0 Å². The first-order valence-electron chi connectivity index (χ1n) is 10.2. The third-order valence-electron chi connectivity index (χ3n) is 4.60. The van der Waals surface area contributed by atoms with Gasteiger partial charge in [-0.25, -0.2) is 8.42 Å². The zero-order chi connectivity index (χ0) is 22.0. The zero-order valence-corrected chi connectivity index (χ0v) is 19.0. The molecular formula is C23H29ClN2O3S. The molecular weight excluding hydrogens is 420 g/mol. The van der Waals surface area contributed by atoms with Crippen molar-refractivity contribution in [2.45, 2.75) is 44.4 Å². The minimum Gasteiger partial charge on any atom is -0.323 e. The number of rotatable bonds is 11. The van der Waals surface area contributed by atoms with Gasteiger partial charge in [-0.1, -0.05) is 56.5 Å². The molecule has 2 aromatic rings. The van der Waals surface area contributed by atoms with Crippen LogP contribution < -0.4 is 5.32 Å². The predicted molar refractivity (Wildman–Crippen MR) is 124 cm³/mol. The lowest BCUT2D eigenvalue weighted by Gasteiger charge is -2.22. The molecule has 0 saturated carbocycles. The lowest BCUT2D eigenvalue weighted by atomic mass is 10.2. The van der Waals surface area contributed by atoms with E-state index in [1.54, 1.807) is 28.6 Å². The molecule has 0 saturated heterocycles. The van der Waals surface area contributed by atoms with Gasteiger partial charge < -0.3 is 5.32 Å². The first-order valence-corrected chi connectivity index (χ1v) is 12.0. The Hall–Kier alpha value is -2.15. The van der Waals surface area contributed by atoms with Crippen molar-refractivity contribution in [1.29, 1.82) is 0 Å². The molecule has 0 radical (unpaired) electrons. The second-order valence-corrected chi connectivity index (χ2v) is 9.32. The summed E-state index contributed by atoms with van der Waals surface area (Å²) in [6.45, 7) is 5.12. The summed E-state index contributed by atoms with van der Waals surface area (Å²) in [6.07, 6.45) is 6.55. The van der Waals surface area contributed by atoms with Crippen LogP contribution in [0.3, 0.4) is 0 Å². The SMILES string of the molecule is CCCCN(CCCC)S(=O)(=O)c1ccc(NC(=O)C=Cc2ccccc2Cl)cc1. The summed E-state index contributed by atoms with van der Waals surface area (Å²) in [7, 11) is -3.55. The number of nitrogens with zero attached hydrogens (tertiary/aromatic N) is 1. The van der Waals surface area contributed by atoms with Crippen molar-refractivity contribution < 1.29 is 13.2 Å². The number of hydrogen-bond acceptors (Lipinski definition) is 3. The fourth-order valence-corrected chi connectivity index (χ4v) is 4.56. The highest BCUT2D eigenvalue weighted by Gasteiger charge is 2.23. The summed E-state index contributed by atoms with van der Waals surface area (Å²) in [5, 5.41) is 3.29. The van der Waals surface area contributed by atoms with E-state index in [4.69, 9.17) is 11.6 Å². The monoisotopic (exact) mass is 448 g/mol. The number of nitrogens with one attached hydrogen (secondary N) is 1. The average molecular weight is 449 g/mol. The van der Waals surface area contributed by atoms with Crippen molar-refractivity contribution in [3.05, 3.63) is 65.2 Å². The molecule has 162 valence electrons. The maximum absolute atomic E-state index is 13.0. The Labute approximate surface area is 184 Å². The van der Waals surface area contributed by atoms with Crippen LogP contribution in [-0.2, 0) is 14.8 Å². The van der Waals surface area contributed by atoms with Crippen molar-refractivity contribution in [2.75, 3.05) is 18.4 Å². The highest BCUT2D eigenvalue weighted by molar-refractivity contribution is 7.89. The van der Waals surface area contributed by atoms with Crippen molar-refractivity contribution in [2.24, 2.45) is 0 Å². The Bertz CT molecular complexity index is 949. The molecule has 2 aromatic carbocycles. The van der Waals surface area contributed by atoms with Gasteiger partial charge in [0.05, 0.1) is 4.90 Å². The summed E-state index contributed by atoms with van der Waals surface area (Å²) in [4.78, 5) is 12.4. The van der Waals surface area contributed by atoms with Crippen LogP contribution in [0.2, 0.25) is 5.02 Å². The fraction of sp³-hybridized carbons (Fsp3) is 0.348. The van der Waals surface area contributed by atoms with Crippen LogP contribution in [0, 0.1) is 0 Å². The largest absolute Gasteiger partial charge is 0.323 e. The topological polar surface area (TPSA) is 66.5 Å². The van der Waals surface area contributed by atoms with Gasteiger partial charge in [-0.2, -0.15) is 4.31 Å². The zero-order valence-electron chi connectivity index (χ0n) is 17.5. The number of unbranched alkanes of at least 4 members (excludes halogenated alkanes) is 2. The van der Waals surface area contributed by atoms with E-state index in [0.717, 1.165) is 31.2 Å². The molecule has 0 heterocycles. The molecule has 0 aliphatic heterocycles. The van der Waals surface area contributed by atoms with Gasteiger partial charge in [-0.05, 0) is 54.8 Å². The first kappa shape index (κ1) is 24.1. The van der Waals surface area contributed by atoms with Crippen LogP contribution in [0.4, 0.5) is 5.69 Å². The molecule has 30 heavy (non-hydrogen) atoms. The Morgan fingerprint density at radius 2 is 1.60 bits per heavy atom. The molecule has 7 heteroatoms.